The van der Waals surface area contributed by atoms with E-state index in [-0.39, 0.29) is 5.75 Å². The van der Waals surface area contributed by atoms with Crippen LogP contribution < -0.4 is 5.73 Å². The fourth-order valence-electron chi connectivity index (χ4n) is 3.24. The van der Waals surface area contributed by atoms with Crippen LogP contribution in [0.2, 0.25) is 0 Å². The normalized spacial score (nSPS) is 12.1. The van der Waals surface area contributed by atoms with Crippen LogP contribution in [-0.2, 0) is 4.79 Å². The Labute approximate surface area is 154 Å². The van der Waals surface area contributed by atoms with Crippen LogP contribution in [0.1, 0.15) is 17.0 Å². The zero-order valence-electron chi connectivity index (χ0n) is 14.1. The van der Waals surface area contributed by atoms with E-state index >= 15 is 0 Å². The third kappa shape index (κ3) is 2.85. The molecule has 7 nitrogen and oxygen atoms in total. The summed E-state index contributed by atoms with van der Waals surface area (Å²) in [6, 6.07) is 15.1. The zero-order valence-corrected chi connectivity index (χ0v) is 14.1. The number of carbonyl (C=O) groups is 1. The number of hydrogen-bond acceptors (Lipinski definition) is 5. The van der Waals surface area contributed by atoms with Gasteiger partial charge < -0.3 is 15.9 Å². The summed E-state index contributed by atoms with van der Waals surface area (Å²) in [4.78, 5) is 16.5. The van der Waals surface area contributed by atoms with E-state index in [0.717, 1.165) is 0 Å². The first-order chi connectivity index (χ1) is 13.1. The minimum Gasteiger partial charge on any atom is -0.508 e. The van der Waals surface area contributed by atoms with Gasteiger partial charge in [-0.05, 0) is 29.8 Å². The van der Waals surface area contributed by atoms with Crippen LogP contribution in [0.5, 0.6) is 5.75 Å². The maximum absolute atomic E-state index is 12.1. The third-order valence-electron chi connectivity index (χ3n) is 4.49. The van der Waals surface area contributed by atoms with Crippen molar-refractivity contribution in [1.29, 1.82) is 0 Å². The molecule has 0 radical (unpaired) electrons. The lowest BCUT2D eigenvalue weighted by Crippen LogP contribution is -2.13. The molecule has 2 heterocycles. The van der Waals surface area contributed by atoms with Crippen molar-refractivity contribution in [1.82, 2.24) is 14.6 Å². The second kappa shape index (κ2) is 6.45. The van der Waals surface area contributed by atoms with Gasteiger partial charge in [0.2, 0.25) is 0 Å². The molecule has 1 unspecified atom stereocenters. The lowest BCUT2D eigenvalue weighted by atomic mass is 9.91. The van der Waals surface area contributed by atoms with Crippen molar-refractivity contribution in [2.75, 3.05) is 5.73 Å². The van der Waals surface area contributed by atoms with Gasteiger partial charge in [0.05, 0.1) is 5.52 Å². The number of aromatic nitrogens is 3. The molecule has 4 aromatic rings. The van der Waals surface area contributed by atoms with E-state index in [4.69, 9.17) is 5.73 Å². The molecule has 2 aromatic carbocycles. The van der Waals surface area contributed by atoms with Gasteiger partial charge in [-0.25, -0.2) is 9.50 Å². The Bertz CT molecular complexity index is 1140. The van der Waals surface area contributed by atoms with Gasteiger partial charge in [0.15, 0.2) is 0 Å². The maximum atomic E-state index is 12.1. The van der Waals surface area contributed by atoms with E-state index in [1.54, 1.807) is 35.0 Å². The Morgan fingerprint density at radius 2 is 1.81 bits per heavy atom. The molecule has 0 aliphatic heterocycles. The van der Waals surface area contributed by atoms with Crippen LogP contribution >= 0.6 is 0 Å². The second-order valence-corrected chi connectivity index (χ2v) is 6.12. The number of phenolic OH excluding ortho intramolecular Hbond substituents is 1. The van der Waals surface area contributed by atoms with E-state index in [1.165, 1.54) is 18.5 Å². The fraction of sp³-hybridized carbons (Fsp3) is 0.0500. The first kappa shape index (κ1) is 16.6. The molecule has 0 amide bonds. The van der Waals surface area contributed by atoms with E-state index < -0.39 is 11.9 Å². The smallest absolute Gasteiger partial charge is 0.315 e. The Kier molecular flexibility index (Phi) is 3.97. The quantitative estimate of drug-likeness (QED) is 0.482. The molecule has 0 bridgehead atoms. The van der Waals surface area contributed by atoms with Gasteiger partial charge in [-0.2, -0.15) is 5.10 Å². The lowest BCUT2D eigenvalue weighted by Gasteiger charge is -2.14. The molecule has 134 valence electrons. The predicted molar refractivity (Wildman–Crippen MR) is 100 cm³/mol. The summed E-state index contributed by atoms with van der Waals surface area (Å²) in [5.74, 6) is -1.87. The molecule has 0 aliphatic rings. The van der Waals surface area contributed by atoms with E-state index in [2.05, 4.69) is 10.1 Å². The van der Waals surface area contributed by atoms with Crippen LogP contribution in [0.25, 0.3) is 16.8 Å². The van der Waals surface area contributed by atoms with Crippen LogP contribution in [-0.4, -0.2) is 30.8 Å². The third-order valence-corrected chi connectivity index (χ3v) is 4.49. The number of nitrogen functional groups attached to an aromatic ring is 1. The number of phenols is 1. The number of aliphatic carboxylic acids is 1. The van der Waals surface area contributed by atoms with Crippen LogP contribution in [0.3, 0.4) is 0 Å². The standard InChI is InChI=1S/C20H16N4O3/c21-16-4-2-1-3-14(16)18-19-15(9-10-24(19)23-11-22-18)17(20(26)27)12-5-7-13(25)8-6-12/h1-11,17,25H,21H2,(H,26,27). The highest BCUT2D eigenvalue weighted by molar-refractivity contribution is 5.91. The zero-order chi connectivity index (χ0) is 19.0. The largest absolute Gasteiger partial charge is 0.508 e. The number of fused-ring (bicyclic) bond motifs is 1. The van der Waals surface area contributed by atoms with Gasteiger partial charge in [-0.3, -0.25) is 4.79 Å². The van der Waals surface area contributed by atoms with Gasteiger partial charge in [0, 0.05) is 23.0 Å². The molecule has 1 atom stereocenters. The van der Waals surface area contributed by atoms with Gasteiger partial charge in [-0.15, -0.1) is 0 Å². The molecule has 0 saturated heterocycles. The number of benzene rings is 2. The van der Waals surface area contributed by atoms with Crippen molar-refractivity contribution in [2.45, 2.75) is 5.92 Å². The molecular formula is C20H16N4O3. The highest BCUT2D eigenvalue weighted by atomic mass is 16.4. The fourth-order valence-corrected chi connectivity index (χ4v) is 3.24. The van der Waals surface area contributed by atoms with E-state index in [9.17, 15) is 15.0 Å². The molecule has 4 N–H and O–H groups in total. The predicted octanol–water partition coefficient (Wildman–Crippen LogP) is 2.90. The summed E-state index contributed by atoms with van der Waals surface area (Å²) in [6.45, 7) is 0. The number of para-hydroxylation sites is 1. The number of rotatable bonds is 4. The summed E-state index contributed by atoms with van der Waals surface area (Å²) < 4.78 is 1.60. The maximum Gasteiger partial charge on any atom is 0.315 e. The van der Waals surface area contributed by atoms with Crippen molar-refractivity contribution in [3.8, 4) is 17.0 Å². The first-order valence-corrected chi connectivity index (χ1v) is 8.25. The Hall–Kier alpha value is -3.87. The Morgan fingerprint density at radius 1 is 1.07 bits per heavy atom. The first-order valence-electron chi connectivity index (χ1n) is 8.25. The van der Waals surface area contributed by atoms with Gasteiger partial charge in [-0.1, -0.05) is 30.3 Å². The molecule has 7 heteroatoms. The van der Waals surface area contributed by atoms with Crippen molar-refractivity contribution in [3.63, 3.8) is 0 Å². The molecule has 0 fully saturated rings. The van der Waals surface area contributed by atoms with Crippen LogP contribution in [0, 0.1) is 0 Å². The monoisotopic (exact) mass is 360 g/mol. The number of hydrogen-bond donors (Lipinski definition) is 3. The van der Waals surface area contributed by atoms with Gasteiger partial charge in [0.25, 0.3) is 0 Å². The average Bonchev–Trinajstić information content (AvgIpc) is 3.08. The van der Waals surface area contributed by atoms with Crippen LogP contribution in [0.4, 0.5) is 5.69 Å². The lowest BCUT2D eigenvalue weighted by molar-refractivity contribution is -0.137. The molecule has 4 rings (SSSR count). The summed E-state index contributed by atoms with van der Waals surface area (Å²) in [5.41, 5.74) is 9.60. The minimum absolute atomic E-state index is 0.0747. The number of nitrogens with two attached hydrogens (primary N) is 1. The summed E-state index contributed by atoms with van der Waals surface area (Å²) >= 11 is 0. The number of anilines is 1. The van der Waals surface area contributed by atoms with E-state index in [1.807, 2.05) is 18.2 Å². The average molecular weight is 360 g/mol. The minimum atomic E-state index is -1.01. The molecular weight excluding hydrogens is 344 g/mol. The molecule has 27 heavy (non-hydrogen) atoms. The Balaban J connectivity index is 1.98. The number of aromatic hydroxyl groups is 1. The number of nitrogens with zero attached hydrogens (tertiary/aromatic N) is 3. The molecule has 0 aliphatic carbocycles. The molecule has 2 aromatic heterocycles. The second-order valence-electron chi connectivity index (χ2n) is 6.12. The van der Waals surface area contributed by atoms with Crippen molar-refractivity contribution < 1.29 is 15.0 Å². The highest BCUT2D eigenvalue weighted by Crippen LogP contribution is 2.35. The van der Waals surface area contributed by atoms with Crippen molar-refractivity contribution in [2.24, 2.45) is 0 Å². The SMILES string of the molecule is Nc1ccccc1-c1ncnn2ccc(C(C(=O)O)c3ccc(O)cc3)c12. The van der Waals surface area contributed by atoms with Crippen LogP contribution in [0.15, 0.2) is 67.1 Å². The van der Waals surface area contributed by atoms with E-state index in [0.29, 0.717) is 33.6 Å². The Morgan fingerprint density at radius 3 is 2.52 bits per heavy atom. The summed E-state index contributed by atoms with van der Waals surface area (Å²) in [6.07, 6.45) is 3.11. The van der Waals surface area contributed by atoms with Crippen molar-refractivity contribution >= 4 is 17.2 Å². The number of carboxylic acids is 1. The topological polar surface area (TPSA) is 114 Å². The van der Waals surface area contributed by atoms with Gasteiger partial charge in [0.1, 0.15) is 23.7 Å². The molecule has 0 spiro atoms. The highest BCUT2D eigenvalue weighted by Gasteiger charge is 2.27. The van der Waals surface area contributed by atoms with Crippen molar-refractivity contribution in [3.05, 3.63) is 78.2 Å². The summed E-state index contributed by atoms with van der Waals surface area (Å²) in [5, 5.41) is 23.6. The van der Waals surface area contributed by atoms with Gasteiger partial charge >= 0.3 is 5.97 Å². The summed E-state index contributed by atoms with van der Waals surface area (Å²) in [7, 11) is 0. The molecule has 0 saturated carbocycles. The number of carboxylic acid groups (broad SMARTS) is 1.